The Morgan fingerprint density at radius 2 is 1.81 bits per heavy atom. The minimum absolute atomic E-state index is 0.236. The summed E-state index contributed by atoms with van der Waals surface area (Å²) in [5.41, 5.74) is 6.83. The fourth-order valence-electron chi connectivity index (χ4n) is 2.01. The molecule has 0 amide bonds. The van der Waals surface area contributed by atoms with Crippen LogP contribution >= 0.6 is 18.0 Å². The highest BCUT2D eigenvalue weighted by atomic mass is 35.5. The first kappa shape index (κ1) is 20.2. The first-order chi connectivity index (χ1) is 12.3. The molecule has 0 aromatic heterocycles. The van der Waals surface area contributed by atoms with Crippen LogP contribution < -0.4 is 11.0 Å². The van der Waals surface area contributed by atoms with Gasteiger partial charge in [0.2, 0.25) is 0 Å². The number of amidine groups is 1. The number of hydrogen-bond donors (Lipinski definition) is 1. The van der Waals surface area contributed by atoms with E-state index in [9.17, 15) is 4.79 Å². The number of nitrogens with zero attached hydrogens (tertiary/aromatic N) is 1. The van der Waals surface area contributed by atoms with Crippen molar-refractivity contribution in [3.63, 3.8) is 0 Å². The van der Waals surface area contributed by atoms with E-state index in [1.54, 1.807) is 31.2 Å². The monoisotopic (exact) mass is 408 g/mol. The molecular formula is C18H18ClN2O3PS. The molecule has 5 nitrogen and oxygen atoms in total. The number of halogens is 1. The molecule has 1 atom stereocenters. The average Bonchev–Trinajstić information content (AvgIpc) is 2.62. The van der Waals surface area contributed by atoms with Gasteiger partial charge in [-0.05, 0) is 55.1 Å². The summed E-state index contributed by atoms with van der Waals surface area (Å²) in [6.45, 7) is 1.62. The lowest BCUT2D eigenvalue weighted by Crippen LogP contribution is -2.16. The minimum atomic E-state index is -2.94. The second-order valence-corrected chi connectivity index (χ2v) is 9.08. The van der Waals surface area contributed by atoms with Crippen LogP contribution in [0.3, 0.4) is 0 Å². The Bertz CT molecular complexity index is 883. The number of carbonyl (C=O) groups is 1. The van der Waals surface area contributed by atoms with Gasteiger partial charge in [0, 0.05) is 15.9 Å². The maximum atomic E-state index is 11.4. The minimum Gasteiger partial charge on any atom is -0.466 e. The van der Waals surface area contributed by atoms with Crippen LogP contribution in [0.15, 0.2) is 71.2 Å². The lowest BCUT2D eigenvalue weighted by atomic mass is 10.2. The summed E-state index contributed by atoms with van der Waals surface area (Å²) in [7, 11) is 1.29. The molecule has 2 N–H and O–H groups in total. The van der Waals surface area contributed by atoms with E-state index in [1.807, 2.05) is 30.3 Å². The van der Waals surface area contributed by atoms with Crippen LogP contribution in [-0.2, 0) is 25.9 Å². The van der Waals surface area contributed by atoms with Gasteiger partial charge in [-0.2, -0.15) is 4.76 Å². The zero-order valence-electron chi connectivity index (χ0n) is 14.3. The molecule has 0 bridgehead atoms. The van der Waals surface area contributed by atoms with Crippen molar-refractivity contribution in [1.29, 1.82) is 0 Å². The van der Waals surface area contributed by atoms with Gasteiger partial charge >= 0.3 is 5.97 Å². The molecule has 0 aliphatic heterocycles. The molecule has 0 saturated heterocycles. The van der Waals surface area contributed by atoms with E-state index < -0.39 is 12.4 Å². The number of benzene rings is 2. The highest BCUT2D eigenvalue weighted by molar-refractivity contribution is 8.15. The van der Waals surface area contributed by atoms with Gasteiger partial charge in [-0.1, -0.05) is 29.8 Å². The van der Waals surface area contributed by atoms with Gasteiger partial charge in [0.1, 0.15) is 11.6 Å². The van der Waals surface area contributed by atoms with Crippen molar-refractivity contribution in [1.82, 2.24) is 0 Å². The number of carbonyl (C=O) groups excluding carboxylic acids is 1. The van der Waals surface area contributed by atoms with Crippen molar-refractivity contribution < 1.29 is 14.1 Å². The summed E-state index contributed by atoms with van der Waals surface area (Å²) in [6.07, 6.45) is -1.72. The number of nitrogens with two attached hydrogens (primary N) is 1. The van der Waals surface area contributed by atoms with Crippen molar-refractivity contribution in [3.05, 3.63) is 77.0 Å². The van der Waals surface area contributed by atoms with Crippen LogP contribution in [0, 0.1) is 0 Å². The van der Waals surface area contributed by atoms with Crippen LogP contribution in [0.2, 0.25) is 5.02 Å². The van der Waals surface area contributed by atoms with Crippen LogP contribution in [0.1, 0.15) is 12.5 Å². The lowest BCUT2D eigenvalue weighted by Gasteiger charge is -2.20. The highest BCUT2D eigenvalue weighted by Crippen LogP contribution is 2.50. The van der Waals surface area contributed by atoms with Gasteiger partial charge in [-0.15, -0.1) is 0 Å². The van der Waals surface area contributed by atoms with Gasteiger partial charge in [-0.25, -0.2) is 4.79 Å². The fraction of sp³-hybridized carbons (Fsp3) is 0.111. The third-order valence-electron chi connectivity index (χ3n) is 3.25. The fourth-order valence-corrected chi connectivity index (χ4v) is 4.77. The molecular weight excluding hydrogens is 391 g/mol. The van der Waals surface area contributed by atoms with Gasteiger partial charge in [0.15, 0.2) is 0 Å². The molecule has 0 fully saturated rings. The molecule has 1 unspecified atom stereocenters. The molecule has 0 radical (unpaired) electrons. The van der Waals surface area contributed by atoms with E-state index in [1.165, 1.54) is 13.2 Å². The molecule has 2 aromatic rings. The van der Waals surface area contributed by atoms with Crippen LogP contribution in [0.5, 0.6) is 0 Å². The average molecular weight is 409 g/mol. The number of hydrogen-bond acceptors (Lipinski definition) is 4. The Balaban J connectivity index is 2.46. The van der Waals surface area contributed by atoms with Crippen molar-refractivity contribution in [2.75, 3.05) is 7.11 Å². The summed E-state index contributed by atoms with van der Waals surface area (Å²) in [5, 5.41) is 1.31. The predicted molar refractivity (Wildman–Crippen MR) is 109 cm³/mol. The topological polar surface area (TPSA) is 73.9 Å². The smallest absolute Gasteiger partial charge is 0.333 e. The van der Waals surface area contributed by atoms with Crippen molar-refractivity contribution in [3.8, 4) is 0 Å². The van der Waals surface area contributed by atoms with Gasteiger partial charge in [-0.3, -0.25) is 0 Å². The van der Waals surface area contributed by atoms with Gasteiger partial charge in [0.25, 0.3) is 6.42 Å². The summed E-state index contributed by atoms with van der Waals surface area (Å²) < 4.78 is 15.0. The third kappa shape index (κ3) is 5.43. The van der Waals surface area contributed by atoms with Gasteiger partial charge in [0.05, 0.1) is 13.2 Å². The van der Waals surface area contributed by atoms with Crippen LogP contribution in [0.25, 0.3) is 0 Å². The first-order valence-corrected chi connectivity index (χ1v) is 10.6. The SMILES string of the molecule is COC(=O)C=C(C)OP(=S)(N=C(N)c1ccc(Cl)cc1)c1ccccc1. The van der Waals surface area contributed by atoms with Crippen molar-refractivity contribution in [2.45, 2.75) is 6.92 Å². The molecule has 8 heteroatoms. The lowest BCUT2D eigenvalue weighted by molar-refractivity contribution is -0.135. The normalized spacial score (nSPS) is 14.4. The summed E-state index contributed by atoms with van der Waals surface area (Å²) >= 11 is 11.6. The molecule has 2 rings (SSSR count). The van der Waals surface area contributed by atoms with Crippen molar-refractivity contribution >= 4 is 46.9 Å². The Kier molecular flexibility index (Phi) is 6.98. The summed E-state index contributed by atoms with van der Waals surface area (Å²) in [5.74, 6) is 0.00294. The quantitative estimate of drug-likeness (QED) is 0.197. The molecule has 2 aromatic carbocycles. The largest absolute Gasteiger partial charge is 0.466 e. The second-order valence-electron chi connectivity index (χ2n) is 5.22. The third-order valence-corrected chi connectivity index (χ3v) is 6.57. The second kappa shape index (κ2) is 8.99. The van der Waals surface area contributed by atoms with Crippen LogP contribution in [0.4, 0.5) is 0 Å². The highest BCUT2D eigenvalue weighted by Gasteiger charge is 2.23. The molecule has 0 spiro atoms. The van der Waals surface area contributed by atoms with Gasteiger partial charge < -0.3 is 15.0 Å². The van der Waals surface area contributed by atoms with Crippen LogP contribution in [-0.4, -0.2) is 18.9 Å². The van der Waals surface area contributed by atoms with E-state index in [2.05, 4.69) is 9.50 Å². The number of allylic oxidation sites excluding steroid dienone is 1. The number of ether oxygens (including phenoxy) is 1. The Morgan fingerprint density at radius 3 is 2.38 bits per heavy atom. The summed E-state index contributed by atoms with van der Waals surface area (Å²) in [4.78, 5) is 11.4. The number of esters is 1. The first-order valence-electron chi connectivity index (χ1n) is 7.57. The predicted octanol–water partition coefficient (Wildman–Crippen LogP) is 3.77. The van der Waals surface area contributed by atoms with E-state index in [-0.39, 0.29) is 5.84 Å². The van der Waals surface area contributed by atoms with E-state index in [4.69, 9.17) is 33.7 Å². The zero-order valence-corrected chi connectivity index (χ0v) is 16.7. The Morgan fingerprint density at radius 1 is 1.19 bits per heavy atom. The number of methoxy groups -OCH3 is 1. The van der Waals surface area contributed by atoms with Crippen molar-refractivity contribution in [2.24, 2.45) is 10.5 Å². The maximum Gasteiger partial charge on any atom is 0.333 e. The zero-order chi connectivity index (χ0) is 19.2. The molecule has 136 valence electrons. The Labute approximate surface area is 162 Å². The molecule has 0 heterocycles. The standard InChI is InChI=1S/C18H18ClN2O3PS/c1-13(12-17(22)23-2)24-25(26,16-6-4-3-5-7-16)21-18(20)14-8-10-15(19)11-9-14/h3-12H,1-2H3,(H2,20,21,26). The van der Waals surface area contributed by atoms with E-state index in [0.717, 1.165) is 0 Å². The molecule has 0 aliphatic carbocycles. The Hall–Kier alpha value is -2.14. The van der Waals surface area contributed by atoms with E-state index in [0.29, 0.717) is 21.6 Å². The molecule has 0 aliphatic rings. The maximum absolute atomic E-state index is 11.4. The van der Waals surface area contributed by atoms with E-state index >= 15 is 0 Å². The number of rotatable bonds is 6. The molecule has 26 heavy (non-hydrogen) atoms. The summed E-state index contributed by atoms with van der Waals surface area (Å²) in [6, 6.07) is 16.1. The molecule has 0 saturated carbocycles.